The molecule has 300 valence electrons. The summed E-state index contributed by atoms with van der Waals surface area (Å²) in [6.07, 6.45) is -4.94. The first-order chi connectivity index (χ1) is 27.4. The molecular formula is C42H44F3N5O7. The van der Waals surface area contributed by atoms with E-state index in [1.165, 1.54) is 12.1 Å². The lowest BCUT2D eigenvalue weighted by molar-refractivity contribution is -0.384. The molecule has 3 heterocycles. The van der Waals surface area contributed by atoms with Crippen molar-refractivity contribution in [2.24, 2.45) is 0 Å². The minimum absolute atomic E-state index is 0.0529. The molecule has 0 spiro atoms. The molecule has 3 aliphatic rings. The van der Waals surface area contributed by atoms with Gasteiger partial charge in [0, 0.05) is 75.6 Å². The van der Waals surface area contributed by atoms with E-state index in [4.69, 9.17) is 9.47 Å². The van der Waals surface area contributed by atoms with Crippen molar-refractivity contribution in [3.05, 3.63) is 129 Å². The van der Waals surface area contributed by atoms with Crippen molar-refractivity contribution in [2.45, 2.75) is 63.1 Å². The number of rotatable bonds is 11. The predicted octanol–water partition coefficient (Wildman–Crippen LogP) is 6.29. The Morgan fingerprint density at radius 1 is 0.842 bits per heavy atom. The summed E-state index contributed by atoms with van der Waals surface area (Å²) in [5, 5.41) is 23.4. The van der Waals surface area contributed by atoms with E-state index in [1.54, 1.807) is 12.1 Å². The molecule has 2 N–H and O–H groups in total. The van der Waals surface area contributed by atoms with Crippen molar-refractivity contribution in [1.82, 2.24) is 15.1 Å². The number of piperazine rings is 1. The summed E-state index contributed by atoms with van der Waals surface area (Å²) in [6, 6.07) is 28.5. The van der Waals surface area contributed by atoms with Gasteiger partial charge < -0.3 is 29.7 Å². The van der Waals surface area contributed by atoms with Crippen molar-refractivity contribution in [1.29, 1.82) is 0 Å². The van der Waals surface area contributed by atoms with E-state index in [-0.39, 0.29) is 44.0 Å². The fourth-order valence-electron chi connectivity index (χ4n) is 7.74. The number of alkyl halides is 3. The fraction of sp³-hybridized carbons (Fsp3) is 0.381. The lowest BCUT2D eigenvalue weighted by atomic mass is 9.98. The summed E-state index contributed by atoms with van der Waals surface area (Å²) < 4.78 is 52.4. The molecule has 0 saturated carbocycles. The third-order valence-corrected chi connectivity index (χ3v) is 10.8. The second-order valence-corrected chi connectivity index (χ2v) is 14.6. The number of nitro benzene ring substituents is 1. The topological polar surface area (TPSA) is 138 Å². The molecule has 2 amide bonds. The van der Waals surface area contributed by atoms with Gasteiger partial charge in [-0.1, -0.05) is 66.7 Å². The Hall–Kier alpha value is -5.35. The number of amides is 2. The molecule has 0 aliphatic carbocycles. The molecule has 4 aromatic carbocycles. The second kappa shape index (κ2) is 17.4. The van der Waals surface area contributed by atoms with E-state index >= 15 is 0 Å². The maximum atomic E-state index is 13.1. The fourth-order valence-corrected chi connectivity index (χ4v) is 7.74. The SMILES string of the molecule is O=C(NCc1cccc(-c2ccc([C@@H]3O[C@H](CN4CCN(c5ccc([N+](=O)[O-])cc5)CC4)C[C@H](c4ccc(CO)cc4)O3)cc2)c1)[C@@H]1CCCN1C(=O)C(F)(F)F. The van der Waals surface area contributed by atoms with Gasteiger partial charge in [-0.3, -0.25) is 24.6 Å². The Bertz CT molecular complexity index is 2020. The molecule has 12 nitrogen and oxygen atoms in total. The molecule has 0 radical (unpaired) electrons. The number of nitro groups is 1. The number of ether oxygens (including phenoxy) is 2. The number of likely N-dealkylation sites (tertiary alicyclic amines) is 1. The number of non-ortho nitro benzene ring substituents is 1. The Labute approximate surface area is 327 Å². The number of anilines is 1. The second-order valence-electron chi connectivity index (χ2n) is 14.6. The van der Waals surface area contributed by atoms with Crippen molar-refractivity contribution < 1.29 is 42.3 Å². The number of carbonyl (C=O) groups excluding carboxylic acids is 2. The van der Waals surface area contributed by atoms with Gasteiger partial charge in [0.15, 0.2) is 6.29 Å². The van der Waals surface area contributed by atoms with Gasteiger partial charge >= 0.3 is 12.1 Å². The third-order valence-electron chi connectivity index (χ3n) is 10.8. The van der Waals surface area contributed by atoms with E-state index in [1.807, 2.05) is 72.8 Å². The van der Waals surface area contributed by atoms with E-state index < -0.39 is 35.2 Å². The maximum absolute atomic E-state index is 13.1. The zero-order valence-electron chi connectivity index (χ0n) is 31.1. The van der Waals surface area contributed by atoms with Crippen molar-refractivity contribution in [3.8, 4) is 11.1 Å². The number of hydrogen-bond acceptors (Lipinski definition) is 9. The highest BCUT2D eigenvalue weighted by Gasteiger charge is 2.47. The molecular weight excluding hydrogens is 743 g/mol. The van der Waals surface area contributed by atoms with Crippen LogP contribution in [0.1, 0.15) is 53.9 Å². The van der Waals surface area contributed by atoms with Crippen LogP contribution >= 0.6 is 0 Å². The van der Waals surface area contributed by atoms with Gasteiger partial charge in [-0.15, -0.1) is 0 Å². The Balaban J connectivity index is 0.998. The molecule has 0 unspecified atom stereocenters. The van der Waals surface area contributed by atoms with Crippen LogP contribution in [0.4, 0.5) is 24.5 Å². The summed E-state index contributed by atoms with van der Waals surface area (Å²) in [5.74, 6) is -2.60. The molecule has 57 heavy (non-hydrogen) atoms. The Morgan fingerprint density at radius 2 is 1.54 bits per heavy atom. The molecule has 3 fully saturated rings. The van der Waals surface area contributed by atoms with E-state index in [0.29, 0.717) is 24.3 Å². The number of nitrogens with zero attached hydrogens (tertiary/aromatic N) is 4. The largest absolute Gasteiger partial charge is 0.471 e. The van der Waals surface area contributed by atoms with E-state index in [2.05, 4.69) is 15.1 Å². The summed E-state index contributed by atoms with van der Waals surface area (Å²) >= 11 is 0. The highest BCUT2D eigenvalue weighted by molar-refractivity contribution is 5.90. The molecule has 0 aromatic heterocycles. The molecule has 4 atom stereocenters. The summed E-state index contributed by atoms with van der Waals surface area (Å²) in [6.45, 7) is 3.76. The molecule has 7 rings (SSSR count). The average Bonchev–Trinajstić information content (AvgIpc) is 3.73. The van der Waals surface area contributed by atoms with E-state index in [0.717, 1.165) is 65.2 Å². The van der Waals surface area contributed by atoms with Gasteiger partial charge in [0.05, 0.1) is 23.7 Å². The molecule has 3 saturated heterocycles. The first kappa shape index (κ1) is 39.9. The minimum atomic E-state index is -5.03. The normalized spacial score (nSPS) is 21.7. The first-order valence-corrected chi connectivity index (χ1v) is 19.0. The molecule has 4 aromatic rings. The summed E-state index contributed by atoms with van der Waals surface area (Å²) in [5.41, 5.74) is 6.18. The zero-order valence-corrected chi connectivity index (χ0v) is 31.1. The van der Waals surface area contributed by atoms with Crippen LogP contribution in [0.2, 0.25) is 0 Å². The average molecular weight is 788 g/mol. The number of aliphatic hydroxyl groups excluding tert-OH is 1. The van der Waals surface area contributed by atoms with Gasteiger partial charge in [-0.2, -0.15) is 13.2 Å². The number of aliphatic hydroxyl groups is 1. The number of carbonyl (C=O) groups is 2. The number of hydrogen-bond donors (Lipinski definition) is 2. The van der Waals surface area contributed by atoms with Crippen LogP contribution < -0.4 is 10.2 Å². The van der Waals surface area contributed by atoms with Crippen LogP contribution in [0.5, 0.6) is 0 Å². The van der Waals surface area contributed by atoms with Gasteiger partial charge in [0.1, 0.15) is 6.04 Å². The van der Waals surface area contributed by atoms with Crippen LogP contribution in [-0.4, -0.2) is 89.2 Å². The monoisotopic (exact) mass is 787 g/mol. The Morgan fingerprint density at radius 3 is 2.21 bits per heavy atom. The van der Waals surface area contributed by atoms with Gasteiger partial charge in [-0.25, -0.2) is 0 Å². The van der Waals surface area contributed by atoms with Crippen molar-refractivity contribution >= 4 is 23.2 Å². The third kappa shape index (κ3) is 9.62. The van der Waals surface area contributed by atoms with Crippen LogP contribution in [0.3, 0.4) is 0 Å². The maximum Gasteiger partial charge on any atom is 0.471 e. The lowest BCUT2D eigenvalue weighted by Gasteiger charge is -2.41. The quantitative estimate of drug-likeness (QED) is 0.133. The Kier molecular flexibility index (Phi) is 12.2. The lowest BCUT2D eigenvalue weighted by Crippen LogP contribution is -2.50. The van der Waals surface area contributed by atoms with Crippen molar-refractivity contribution in [2.75, 3.05) is 44.2 Å². The van der Waals surface area contributed by atoms with Gasteiger partial charge in [0.2, 0.25) is 5.91 Å². The molecule has 0 bridgehead atoms. The van der Waals surface area contributed by atoms with Crippen molar-refractivity contribution in [3.63, 3.8) is 0 Å². The minimum Gasteiger partial charge on any atom is -0.392 e. The highest BCUT2D eigenvalue weighted by atomic mass is 19.4. The number of halogens is 3. The van der Waals surface area contributed by atoms with Crippen LogP contribution in [0.25, 0.3) is 11.1 Å². The smallest absolute Gasteiger partial charge is 0.392 e. The summed E-state index contributed by atoms with van der Waals surface area (Å²) in [4.78, 5) is 40.6. The molecule has 15 heteroatoms. The van der Waals surface area contributed by atoms with Gasteiger partial charge in [0.25, 0.3) is 5.69 Å². The standard InChI is InChI=1S/C42H44F3N5O7/c43-42(44,45)41(53)49-18-2-5-37(49)39(52)46-25-29-3-1-4-33(23-29)30-10-12-32(13-11-30)40-56-36(24-38(57-40)31-8-6-28(27-51)7-9-31)26-47-19-21-48(22-20-47)34-14-16-35(17-15-34)50(54)55/h1,3-4,6-17,23,36-38,40,51H,2,5,18-22,24-27H2,(H,46,52)/t36-,37-,38+,40+/m0/s1. The van der Waals surface area contributed by atoms with E-state index in [9.17, 15) is 38.0 Å². The van der Waals surface area contributed by atoms with Crippen LogP contribution in [0.15, 0.2) is 97.1 Å². The first-order valence-electron chi connectivity index (χ1n) is 19.0. The number of nitrogens with one attached hydrogen (secondary N) is 1. The highest BCUT2D eigenvalue weighted by Crippen LogP contribution is 2.39. The molecule has 3 aliphatic heterocycles. The summed E-state index contributed by atoms with van der Waals surface area (Å²) in [7, 11) is 0. The van der Waals surface area contributed by atoms with Crippen LogP contribution in [-0.2, 0) is 32.2 Å². The predicted molar refractivity (Wildman–Crippen MR) is 205 cm³/mol. The van der Waals surface area contributed by atoms with Gasteiger partial charge in [-0.05, 0) is 58.9 Å². The zero-order chi connectivity index (χ0) is 40.1. The number of benzene rings is 4. The van der Waals surface area contributed by atoms with Crippen LogP contribution in [0, 0.1) is 10.1 Å².